The number of nitrogens with zero attached hydrogens (tertiary/aromatic N) is 2. The van der Waals surface area contributed by atoms with Crippen molar-refractivity contribution in [2.75, 3.05) is 0 Å². The lowest BCUT2D eigenvalue weighted by molar-refractivity contribution is 0.0376. The van der Waals surface area contributed by atoms with Crippen LogP contribution in [0.1, 0.15) is 58.7 Å². The van der Waals surface area contributed by atoms with Crippen molar-refractivity contribution in [1.82, 2.24) is 19.9 Å². The second kappa shape index (κ2) is 7.88. The van der Waals surface area contributed by atoms with Gasteiger partial charge in [0.2, 0.25) is 0 Å². The van der Waals surface area contributed by atoms with Gasteiger partial charge in [-0.15, -0.1) is 0 Å². The van der Waals surface area contributed by atoms with Crippen LogP contribution in [0, 0.1) is 13.8 Å². The molecule has 0 saturated heterocycles. The van der Waals surface area contributed by atoms with Crippen molar-refractivity contribution >= 4 is 22.9 Å². The number of aromatic nitrogens is 3. The van der Waals surface area contributed by atoms with E-state index in [4.69, 9.17) is 4.74 Å². The Morgan fingerprint density at radius 1 is 1.25 bits per heavy atom. The molecule has 0 spiro atoms. The van der Waals surface area contributed by atoms with Crippen LogP contribution in [-0.2, 0) is 17.8 Å². The zero-order chi connectivity index (χ0) is 20.4. The molecule has 3 rings (SSSR count). The third-order valence-corrected chi connectivity index (χ3v) is 4.67. The molecule has 2 N–H and O–H groups in total. The van der Waals surface area contributed by atoms with Crippen LogP contribution >= 0.6 is 0 Å². The van der Waals surface area contributed by atoms with Crippen molar-refractivity contribution in [1.29, 1.82) is 0 Å². The van der Waals surface area contributed by atoms with E-state index in [1.54, 1.807) is 27.7 Å². The molecular formula is C21H26N4O3. The van der Waals surface area contributed by atoms with Gasteiger partial charge in [0.1, 0.15) is 11.5 Å². The van der Waals surface area contributed by atoms with Gasteiger partial charge < -0.3 is 19.6 Å². The molecule has 3 aromatic rings. The van der Waals surface area contributed by atoms with Crippen molar-refractivity contribution in [2.24, 2.45) is 0 Å². The zero-order valence-corrected chi connectivity index (χ0v) is 16.9. The minimum Gasteiger partial charge on any atom is -0.459 e. The first-order chi connectivity index (χ1) is 13.3. The Morgan fingerprint density at radius 3 is 2.64 bits per heavy atom. The first kappa shape index (κ1) is 19.7. The summed E-state index contributed by atoms with van der Waals surface area (Å²) in [6, 6.07) is 7.89. The minimum absolute atomic E-state index is 0.222. The lowest BCUT2D eigenvalue weighted by Crippen LogP contribution is -2.25. The standard InChI is InChI=1S/C21H26N4O3/c1-6-25-16-10-8-7-9-15(16)24-17(25)11-22-20(26)19-13(4)18(14(5)23-19)21(27)28-12(2)3/h7-10,12,23H,6,11H2,1-5H3,(H,22,26). The number of benzene rings is 1. The Labute approximate surface area is 164 Å². The third kappa shape index (κ3) is 3.65. The molecule has 0 unspecified atom stereocenters. The van der Waals surface area contributed by atoms with Gasteiger partial charge in [-0.05, 0) is 52.3 Å². The summed E-state index contributed by atoms with van der Waals surface area (Å²) in [5.74, 6) is 0.0874. The van der Waals surface area contributed by atoms with E-state index in [1.165, 1.54) is 0 Å². The molecule has 148 valence electrons. The van der Waals surface area contributed by atoms with Gasteiger partial charge in [0.25, 0.3) is 5.91 Å². The number of aromatic amines is 1. The predicted molar refractivity (Wildman–Crippen MR) is 107 cm³/mol. The molecule has 0 aliphatic rings. The number of imidazole rings is 1. The maximum absolute atomic E-state index is 12.7. The van der Waals surface area contributed by atoms with E-state index in [1.807, 2.05) is 31.2 Å². The summed E-state index contributed by atoms with van der Waals surface area (Å²) in [7, 11) is 0. The summed E-state index contributed by atoms with van der Waals surface area (Å²) in [6.45, 7) is 10.2. The molecule has 7 heteroatoms. The molecule has 0 fully saturated rings. The molecule has 1 amide bonds. The Kier molecular flexibility index (Phi) is 5.53. The second-order valence-corrected chi connectivity index (χ2v) is 7.02. The summed E-state index contributed by atoms with van der Waals surface area (Å²) in [5, 5.41) is 2.91. The Balaban J connectivity index is 1.80. The fourth-order valence-corrected chi connectivity index (χ4v) is 3.42. The molecular weight excluding hydrogens is 356 g/mol. The SMILES string of the molecule is CCn1c(CNC(=O)c2[nH]c(C)c(C(=O)OC(C)C)c2C)nc2ccccc21. The van der Waals surface area contributed by atoms with Crippen LogP contribution in [0.5, 0.6) is 0 Å². The molecule has 2 heterocycles. The predicted octanol–water partition coefficient (Wildman–Crippen LogP) is 3.50. The Hall–Kier alpha value is -3.09. The fourth-order valence-electron chi connectivity index (χ4n) is 3.42. The van der Waals surface area contributed by atoms with Gasteiger partial charge in [0.05, 0.1) is 29.2 Å². The lowest BCUT2D eigenvalue weighted by Gasteiger charge is -2.09. The highest BCUT2D eigenvalue weighted by Crippen LogP contribution is 2.20. The summed E-state index contributed by atoms with van der Waals surface area (Å²) >= 11 is 0. The Morgan fingerprint density at radius 2 is 1.96 bits per heavy atom. The number of aryl methyl sites for hydroxylation is 2. The molecule has 0 aliphatic carbocycles. The number of fused-ring (bicyclic) bond motifs is 1. The van der Waals surface area contributed by atoms with E-state index in [0.29, 0.717) is 29.1 Å². The van der Waals surface area contributed by atoms with Crippen LogP contribution in [0.15, 0.2) is 24.3 Å². The van der Waals surface area contributed by atoms with E-state index in [9.17, 15) is 9.59 Å². The number of hydrogen-bond donors (Lipinski definition) is 2. The highest BCUT2D eigenvalue weighted by molar-refractivity contribution is 6.00. The highest BCUT2D eigenvalue weighted by Gasteiger charge is 2.23. The number of carbonyl (C=O) groups excluding carboxylic acids is 2. The molecule has 7 nitrogen and oxygen atoms in total. The van der Waals surface area contributed by atoms with Gasteiger partial charge in [-0.1, -0.05) is 12.1 Å². The molecule has 2 aromatic heterocycles. The smallest absolute Gasteiger partial charge is 0.340 e. The summed E-state index contributed by atoms with van der Waals surface area (Å²) < 4.78 is 7.36. The summed E-state index contributed by atoms with van der Waals surface area (Å²) in [5.41, 5.74) is 3.94. The monoisotopic (exact) mass is 382 g/mol. The number of hydrogen-bond acceptors (Lipinski definition) is 4. The molecule has 1 aromatic carbocycles. The zero-order valence-electron chi connectivity index (χ0n) is 16.9. The van der Waals surface area contributed by atoms with Crippen LogP contribution in [0.25, 0.3) is 11.0 Å². The van der Waals surface area contributed by atoms with Crippen LogP contribution in [-0.4, -0.2) is 32.5 Å². The van der Waals surface area contributed by atoms with Crippen molar-refractivity contribution < 1.29 is 14.3 Å². The third-order valence-electron chi connectivity index (χ3n) is 4.67. The van der Waals surface area contributed by atoms with Crippen LogP contribution in [0.3, 0.4) is 0 Å². The molecule has 28 heavy (non-hydrogen) atoms. The maximum Gasteiger partial charge on any atom is 0.340 e. The molecule has 0 radical (unpaired) electrons. The molecule has 0 saturated carbocycles. The van der Waals surface area contributed by atoms with Crippen molar-refractivity contribution in [3.05, 3.63) is 52.6 Å². The summed E-state index contributed by atoms with van der Waals surface area (Å²) in [6.07, 6.45) is -0.222. The van der Waals surface area contributed by atoms with Crippen molar-refractivity contribution in [2.45, 2.75) is 53.8 Å². The van der Waals surface area contributed by atoms with Gasteiger partial charge in [0, 0.05) is 12.2 Å². The quantitative estimate of drug-likeness (QED) is 0.639. The number of nitrogens with one attached hydrogen (secondary N) is 2. The number of carbonyl (C=O) groups is 2. The molecule has 0 bridgehead atoms. The van der Waals surface area contributed by atoms with Crippen LogP contribution in [0.4, 0.5) is 0 Å². The van der Waals surface area contributed by atoms with E-state index < -0.39 is 5.97 Å². The van der Waals surface area contributed by atoms with E-state index in [-0.39, 0.29) is 12.0 Å². The number of ether oxygens (including phenoxy) is 1. The van der Waals surface area contributed by atoms with Gasteiger partial charge in [-0.25, -0.2) is 9.78 Å². The largest absolute Gasteiger partial charge is 0.459 e. The first-order valence-electron chi connectivity index (χ1n) is 9.45. The molecule has 0 aliphatic heterocycles. The van der Waals surface area contributed by atoms with Crippen molar-refractivity contribution in [3.8, 4) is 0 Å². The Bertz CT molecular complexity index is 1030. The topological polar surface area (TPSA) is 89.0 Å². The lowest BCUT2D eigenvalue weighted by atomic mass is 10.1. The number of esters is 1. The number of H-pyrrole nitrogens is 1. The van der Waals surface area contributed by atoms with Crippen LogP contribution < -0.4 is 5.32 Å². The number of rotatable bonds is 6. The van der Waals surface area contributed by atoms with E-state index in [0.717, 1.165) is 23.4 Å². The fraction of sp³-hybridized carbons (Fsp3) is 0.381. The average molecular weight is 382 g/mol. The number of para-hydroxylation sites is 2. The van der Waals surface area contributed by atoms with Gasteiger partial charge in [0.15, 0.2) is 0 Å². The van der Waals surface area contributed by atoms with Crippen LogP contribution in [0.2, 0.25) is 0 Å². The second-order valence-electron chi connectivity index (χ2n) is 7.02. The average Bonchev–Trinajstić information content (AvgIpc) is 3.15. The number of amides is 1. The van der Waals surface area contributed by atoms with E-state index in [2.05, 4.69) is 19.9 Å². The minimum atomic E-state index is -0.423. The van der Waals surface area contributed by atoms with Crippen molar-refractivity contribution in [3.63, 3.8) is 0 Å². The van der Waals surface area contributed by atoms with Gasteiger partial charge in [-0.3, -0.25) is 4.79 Å². The first-order valence-corrected chi connectivity index (χ1v) is 9.45. The summed E-state index contributed by atoms with van der Waals surface area (Å²) in [4.78, 5) is 32.7. The maximum atomic E-state index is 12.7. The van der Waals surface area contributed by atoms with E-state index >= 15 is 0 Å². The molecule has 0 atom stereocenters. The van der Waals surface area contributed by atoms with Gasteiger partial charge >= 0.3 is 5.97 Å². The van der Waals surface area contributed by atoms with Gasteiger partial charge in [-0.2, -0.15) is 0 Å². The normalized spacial score (nSPS) is 11.2. The highest BCUT2D eigenvalue weighted by atomic mass is 16.5.